The van der Waals surface area contributed by atoms with E-state index in [4.69, 9.17) is 4.98 Å². The number of carbonyl (C=O) groups is 1. The molecule has 1 aromatic heterocycles. The molecule has 0 atom stereocenters. The van der Waals surface area contributed by atoms with Gasteiger partial charge in [-0.25, -0.2) is 4.98 Å². The molecule has 1 aliphatic heterocycles. The molecule has 0 unspecified atom stereocenters. The van der Waals surface area contributed by atoms with Crippen LogP contribution in [0.3, 0.4) is 0 Å². The van der Waals surface area contributed by atoms with Crippen molar-refractivity contribution in [1.82, 2.24) is 14.9 Å². The Balaban J connectivity index is 2.09. The van der Waals surface area contributed by atoms with E-state index in [1.807, 2.05) is 13.0 Å². The third-order valence-electron chi connectivity index (χ3n) is 3.81. The fourth-order valence-electron chi connectivity index (χ4n) is 2.41. The number of carbonyl (C=O) groups excluding carboxylic acids is 1. The van der Waals surface area contributed by atoms with Crippen LogP contribution in [0.2, 0.25) is 0 Å². The lowest BCUT2D eigenvalue weighted by atomic mass is 10.3. The third-order valence-corrected chi connectivity index (χ3v) is 3.81. The molecule has 1 aliphatic rings. The van der Waals surface area contributed by atoms with Crippen molar-refractivity contribution in [3.63, 3.8) is 0 Å². The fraction of sp³-hybridized carbons (Fsp3) is 0.667. The number of anilines is 2. The van der Waals surface area contributed by atoms with E-state index in [2.05, 4.69) is 28.8 Å². The summed E-state index contributed by atoms with van der Waals surface area (Å²) in [4.78, 5) is 26.2. The van der Waals surface area contributed by atoms with E-state index in [0.29, 0.717) is 0 Å². The standard InChI is InChI=1S/C15H25N5O/c1-4-5-6-18(3)14-11-13(2)16-15(17-14)20-9-7-19(12-21)8-10-20/h11-12H,4-10H2,1-3H3. The van der Waals surface area contributed by atoms with Gasteiger partial charge in [-0.1, -0.05) is 13.3 Å². The summed E-state index contributed by atoms with van der Waals surface area (Å²) in [7, 11) is 2.07. The second kappa shape index (κ2) is 7.24. The van der Waals surface area contributed by atoms with Crippen molar-refractivity contribution in [3.05, 3.63) is 11.8 Å². The molecule has 0 aliphatic carbocycles. The summed E-state index contributed by atoms with van der Waals surface area (Å²) in [6, 6.07) is 2.03. The largest absolute Gasteiger partial charge is 0.360 e. The van der Waals surface area contributed by atoms with Crippen molar-refractivity contribution in [2.75, 3.05) is 49.6 Å². The molecule has 6 heteroatoms. The van der Waals surface area contributed by atoms with E-state index in [-0.39, 0.29) is 0 Å². The Morgan fingerprint density at radius 1 is 1.29 bits per heavy atom. The minimum atomic E-state index is 0.738. The van der Waals surface area contributed by atoms with Crippen molar-refractivity contribution in [3.8, 4) is 0 Å². The summed E-state index contributed by atoms with van der Waals surface area (Å²) in [5.41, 5.74) is 0.983. The summed E-state index contributed by atoms with van der Waals surface area (Å²) in [5, 5.41) is 0. The summed E-state index contributed by atoms with van der Waals surface area (Å²) >= 11 is 0. The first-order chi connectivity index (χ1) is 10.1. The number of rotatable bonds is 6. The molecule has 1 saturated heterocycles. The normalized spacial score (nSPS) is 15.2. The highest BCUT2D eigenvalue weighted by Crippen LogP contribution is 2.18. The maximum atomic E-state index is 10.8. The van der Waals surface area contributed by atoms with Crippen LogP contribution in [0.5, 0.6) is 0 Å². The first-order valence-electron chi connectivity index (χ1n) is 7.65. The fourth-order valence-corrected chi connectivity index (χ4v) is 2.41. The molecular weight excluding hydrogens is 266 g/mol. The molecule has 2 heterocycles. The van der Waals surface area contributed by atoms with Crippen LogP contribution in [0.15, 0.2) is 6.07 Å². The number of amides is 1. The Kier molecular flexibility index (Phi) is 5.36. The first-order valence-corrected chi connectivity index (χ1v) is 7.65. The van der Waals surface area contributed by atoms with Crippen molar-refractivity contribution >= 4 is 18.2 Å². The van der Waals surface area contributed by atoms with Gasteiger partial charge in [-0.15, -0.1) is 0 Å². The second-order valence-corrected chi connectivity index (χ2v) is 5.57. The Bertz CT molecular complexity index is 471. The molecule has 1 fully saturated rings. The highest BCUT2D eigenvalue weighted by molar-refractivity contribution is 5.49. The molecule has 2 rings (SSSR count). The zero-order chi connectivity index (χ0) is 15.2. The quantitative estimate of drug-likeness (QED) is 0.740. The molecule has 0 saturated carbocycles. The molecule has 1 amide bonds. The Morgan fingerprint density at radius 3 is 2.62 bits per heavy atom. The maximum absolute atomic E-state index is 10.8. The number of aryl methyl sites for hydroxylation is 1. The maximum Gasteiger partial charge on any atom is 0.227 e. The number of hydrogen-bond donors (Lipinski definition) is 0. The van der Waals surface area contributed by atoms with Crippen LogP contribution in [-0.4, -0.2) is 61.0 Å². The van der Waals surface area contributed by atoms with E-state index in [1.165, 1.54) is 6.42 Å². The van der Waals surface area contributed by atoms with Crippen LogP contribution in [0.4, 0.5) is 11.8 Å². The number of aromatic nitrogens is 2. The number of nitrogens with zero attached hydrogens (tertiary/aromatic N) is 5. The lowest BCUT2D eigenvalue weighted by Crippen LogP contribution is -2.46. The van der Waals surface area contributed by atoms with Gasteiger partial charge in [-0.05, 0) is 13.3 Å². The molecule has 1 aromatic rings. The van der Waals surface area contributed by atoms with Gasteiger partial charge in [0.25, 0.3) is 0 Å². The zero-order valence-corrected chi connectivity index (χ0v) is 13.2. The van der Waals surface area contributed by atoms with Crippen LogP contribution >= 0.6 is 0 Å². The SMILES string of the molecule is CCCCN(C)c1cc(C)nc(N2CCN(C=O)CC2)n1. The molecule has 0 N–H and O–H groups in total. The van der Waals surface area contributed by atoms with Gasteiger partial charge < -0.3 is 14.7 Å². The van der Waals surface area contributed by atoms with E-state index in [1.54, 1.807) is 4.90 Å². The molecule has 6 nitrogen and oxygen atoms in total. The minimum Gasteiger partial charge on any atom is -0.360 e. The van der Waals surface area contributed by atoms with Gasteiger partial charge in [0.05, 0.1) is 0 Å². The first kappa shape index (κ1) is 15.5. The van der Waals surface area contributed by atoms with E-state index < -0.39 is 0 Å². The highest BCUT2D eigenvalue weighted by atomic mass is 16.1. The Labute approximate surface area is 126 Å². The monoisotopic (exact) mass is 291 g/mol. The molecule has 0 spiro atoms. The van der Waals surface area contributed by atoms with Gasteiger partial charge in [-0.3, -0.25) is 4.79 Å². The molecule has 0 radical (unpaired) electrons. The van der Waals surface area contributed by atoms with Crippen LogP contribution in [0.1, 0.15) is 25.5 Å². The van der Waals surface area contributed by atoms with Gasteiger partial charge in [0.15, 0.2) is 0 Å². The van der Waals surface area contributed by atoms with E-state index in [9.17, 15) is 4.79 Å². The summed E-state index contributed by atoms with van der Waals surface area (Å²) < 4.78 is 0. The highest BCUT2D eigenvalue weighted by Gasteiger charge is 2.19. The topological polar surface area (TPSA) is 52.6 Å². The molecular formula is C15H25N5O. The number of piperazine rings is 1. The van der Waals surface area contributed by atoms with Gasteiger partial charge in [0, 0.05) is 51.5 Å². The second-order valence-electron chi connectivity index (χ2n) is 5.57. The van der Waals surface area contributed by atoms with Gasteiger partial charge in [-0.2, -0.15) is 4.98 Å². The molecule has 116 valence electrons. The molecule has 0 aromatic carbocycles. The summed E-state index contributed by atoms with van der Waals surface area (Å²) in [5.74, 6) is 1.75. The Hall–Kier alpha value is -1.85. The molecule has 0 bridgehead atoms. The lowest BCUT2D eigenvalue weighted by molar-refractivity contribution is -0.118. The van der Waals surface area contributed by atoms with Gasteiger partial charge in [0.1, 0.15) is 5.82 Å². The smallest absolute Gasteiger partial charge is 0.227 e. The predicted molar refractivity (Wildman–Crippen MR) is 84.8 cm³/mol. The van der Waals surface area contributed by atoms with Gasteiger partial charge in [0.2, 0.25) is 12.4 Å². The third kappa shape index (κ3) is 4.06. The number of hydrogen-bond acceptors (Lipinski definition) is 5. The minimum absolute atomic E-state index is 0.738. The van der Waals surface area contributed by atoms with Crippen LogP contribution in [0.25, 0.3) is 0 Å². The van der Waals surface area contributed by atoms with Crippen LogP contribution in [0, 0.1) is 6.92 Å². The summed E-state index contributed by atoms with van der Waals surface area (Å²) in [6.07, 6.45) is 3.25. The van der Waals surface area contributed by atoms with E-state index in [0.717, 1.165) is 63.0 Å². The lowest BCUT2D eigenvalue weighted by Gasteiger charge is -2.33. The van der Waals surface area contributed by atoms with Crippen LogP contribution < -0.4 is 9.80 Å². The predicted octanol–water partition coefficient (Wildman–Crippen LogP) is 1.30. The summed E-state index contributed by atoms with van der Waals surface area (Å²) in [6.45, 7) is 8.26. The van der Waals surface area contributed by atoms with Crippen molar-refractivity contribution in [1.29, 1.82) is 0 Å². The van der Waals surface area contributed by atoms with Crippen molar-refractivity contribution in [2.45, 2.75) is 26.7 Å². The molecule has 21 heavy (non-hydrogen) atoms. The Morgan fingerprint density at radius 2 is 2.00 bits per heavy atom. The van der Waals surface area contributed by atoms with Crippen LogP contribution in [-0.2, 0) is 4.79 Å². The zero-order valence-electron chi connectivity index (χ0n) is 13.2. The van der Waals surface area contributed by atoms with Crippen molar-refractivity contribution < 1.29 is 4.79 Å². The van der Waals surface area contributed by atoms with Gasteiger partial charge >= 0.3 is 0 Å². The van der Waals surface area contributed by atoms with Crippen molar-refractivity contribution in [2.24, 2.45) is 0 Å². The average Bonchev–Trinajstić information content (AvgIpc) is 2.52. The van der Waals surface area contributed by atoms with E-state index >= 15 is 0 Å². The number of unbranched alkanes of at least 4 members (excludes halogenated alkanes) is 1. The average molecular weight is 291 g/mol.